The molecule has 5 heteroatoms. The average molecular weight is 332 g/mol. The second-order valence-corrected chi connectivity index (χ2v) is 8.10. The molecule has 2 aliphatic rings. The molecule has 0 radical (unpaired) electrons. The zero-order valence-electron chi connectivity index (χ0n) is 15.1. The molecule has 0 aromatic heterocycles. The van der Waals surface area contributed by atoms with Crippen molar-refractivity contribution in [1.29, 1.82) is 0 Å². The number of rotatable bonds is 0. The summed E-state index contributed by atoms with van der Waals surface area (Å²) in [6.07, 6.45) is 2.13. The number of nitrogens with two attached hydrogens (primary N) is 1. The van der Waals surface area contributed by atoms with Crippen LogP contribution >= 0.6 is 0 Å². The Morgan fingerprint density at radius 2 is 2.00 bits per heavy atom. The zero-order chi connectivity index (χ0) is 17.5. The van der Waals surface area contributed by atoms with E-state index in [1.807, 2.05) is 26.8 Å². The number of nitrogens with zero attached hydrogens (tertiary/aromatic N) is 1. The summed E-state index contributed by atoms with van der Waals surface area (Å²) < 4.78 is 11.8. The number of amides is 1. The lowest BCUT2D eigenvalue weighted by Gasteiger charge is -2.46. The van der Waals surface area contributed by atoms with Gasteiger partial charge in [-0.3, -0.25) is 0 Å². The standard InChI is InChI=1S/C19H28N2O3/c1-13-5-6-16-14(11-13)15(20)12-19(23-16)7-9-21(10-8-19)17(22)24-18(2,3)4/h5-6,11,15H,7-10,12,20H2,1-4H3. The van der Waals surface area contributed by atoms with Crippen LogP contribution in [0.4, 0.5) is 4.79 Å². The van der Waals surface area contributed by atoms with Crippen LogP contribution in [0.2, 0.25) is 0 Å². The van der Waals surface area contributed by atoms with Gasteiger partial charge in [-0.25, -0.2) is 4.79 Å². The molecule has 0 saturated carbocycles. The minimum atomic E-state index is -0.466. The predicted molar refractivity (Wildman–Crippen MR) is 93.1 cm³/mol. The molecule has 1 saturated heterocycles. The Bertz CT molecular complexity index is 628. The fourth-order valence-electron chi connectivity index (χ4n) is 3.57. The fraction of sp³-hybridized carbons (Fsp3) is 0.632. The van der Waals surface area contributed by atoms with Crippen molar-refractivity contribution in [2.45, 2.75) is 64.2 Å². The van der Waals surface area contributed by atoms with E-state index >= 15 is 0 Å². The first-order valence-corrected chi connectivity index (χ1v) is 8.71. The predicted octanol–water partition coefficient (Wildman–Crippen LogP) is 3.55. The van der Waals surface area contributed by atoms with Crippen LogP contribution in [0.3, 0.4) is 0 Å². The number of benzene rings is 1. The summed E-state index contributed by atoms with van der Waals surface area (Å²) in [7, 11) is 0. The summed E-state index contributed by atoms with van der Waals surface area (Å²) in [5.41, 5.74) is 7.97. The van der Waals surface area contributed by atoms with Crippen LogP contribution in [-0.4, -0.2) is 35.3 Å². The highest BCUT2D eigenvalue weighted by molar-refractivity contribution is 5.68. The average Bonchev–Trinajstić information content (AvgIpc) is 2.47. The third kappa shape index (κ3) is 3.51. The van der Waals surface area contributed by atoms with Crippen LogP contribution in [0.15, 0.2) is 18.2 Å². The van der Waals surface area contributed by atoms with Gasteiger partial charge in [-0.15, -0.1) is 0 Å². The van der Waals surface area contributed by atoms with E-state index in [1.165, 1.54) is 5.56 Å². The molecule has 1 aromatic carbocycles. The van der Waals surface area contributed by atoms with Crippen LogP contribution in [0, 0.1) is 6.92 Å². The molecule has 5 nitrogen and oxygen atoms in total. The Morgan fingerprint density at radius 3 is 2.62 bits per heavy atom. The van der Waals surface area contributed by atoms with Gasteiger partial charge < -0.3 is 20.1 Å². The number of hydrogen-bond donors (Lipinski definition) is 1. The molecule has 2 heterocycles. The molecule has 1 unspecified atom stereocenters. The molecule has 1 fully saturated rings. The van der Waals surface area contributed by atoms with Crippen molar-refractivity contribution in [1.82, 2.24) is 4.90 Å². The fourth-order valence-corrected chi connectivity index (χ4v) is 3.57. The van der Waals surface area contributed by atoms with Gasteiger partial charge in [0.15, 0.2) is 0 Å². The Labute approximate surface area is 144 Å². The lowest BCUT2D eigenvalue weighted by molar-refractivity contribution is -0.0320. The number of carbonyl (C=O) groups is 1. The second kappa shape index (κ2) is 5.96. The molecule has 1 aromatic rings. The lowest BCUT2D eigenvalue weighted by atomic mass is 9.80. The Kier molecular flexibility index (Phi) is 4.24. The topological polar surface area (TPSA) is 64.8 Å². The van der Waals surface area contributed by atoms with Crippen molar-refractivity contribution in [2.24, 2.45) is 5.73 Å². The van der Waals surface area contributed by atoms with Crippen molar-refractivity contribution >= 4 is 6.09 Å². The van der Waals surface area contributed by atoms with Crippen molar-refractivity contribution in [3.63, 3.8) is 0 Å². The van der Waals surface area contributed by atoms with Gasteiger partial charge in [0.2, 0.25) is 0 Å². The van der Waals surface area contributed by atoms with Gasteiger partial charge in [-0.2, -0.15) is 0 Å². The van der Waals surface area contributed by atoms with Crippen LogP contribution in [-0.2, 0) is 4.74 Å². The minimum absolute atomic E-state index is 0.0123. The van der Waals surface area contributed by atoms with E-state index in [2.05, 4.69) is 19.1 Å². The first kappa shape index (κ1) is 17.1. The van der Waals surface area contributed by atoms with Gasteiger partial charge in [0, 0.05) is 44.0 Å². The van der Waals surface area contributed by atoms with Gasteiger partial charge in [0.25, 0.3) is 0 Å². The lowest BCUT2D eigenvalue weighted by Crippen LogP contribution is -2.53. The summed E-state index contributed by atoms with van der Waals surface area (Å²) in [5, 5.41) is 0. The minimum Gasteiger partial charge on any atom is -0.487 e. The quantitative estimate of drug-likeness (QED) is 0.789. The molecule has 2 N–H and O–H groups in total. The van der Waals surface area contributed by atoms with Crippen LogP contribution in [0.5, 0.6) is 5.75 Å². The molecular weight excluding hydrogens is 304 g/mol. The third-order valence-electron chi connectivity index (χ3n) is 4.81. The van der Waals surface area contributed by atoms with Crippen molar-refractivity contribution in [3.8, 4) is 5.75 Å². The zero-order valence-corrected chi connectivity index (χ0v) is 15.1. The van der Waals surface area contributed by atoms with Crippen molar-refractivity contribution < 1.29 is 14.3 Å². The second-order valence-electron chi connectivity index (χ2n) is 8.10. The molecule has 1 atom stereocenters. The maximum Gasteiger partial charge on any atom is 0.410 e. The van der Waals surface area contributed by atoms with E-state index in [1.54, 1.807) is 4.90 Å². The van der Waals surface area contributed by atoms with E-state index in [0.717, 1.165) is 30.6 Å². The third-order valence-corrected chi connectivity index (χ3v) is 4.81. The smallest absolute Gasteiger partial charge is 0.410 e. The Morgan fingerprint density at radius 1 is 1.33 bits per heavy atom. The van der Waals surface area contributed by atoms with Gasteiger partial charge in [0.1, 0.15) is 17.0 Å². The molecule has 0 aliphatic carbocycles. The molecule has 1 amide bonds. The molecule has 2 aliphatic heterocycles. The van der Waals surface area contributed by atoms with E-state index in [-0.39, 0.29) is 17.7 Å². The summed E-state index contributed by atoms with van der Waals surface area (Å²) in [5.74, 6) is 0.894. The Balaban J connectivity index is 1.68. The van der Waals surface area contributed by atoms with E-state index in [0.29, 0.717) is 13.1 Å². The van der Waals surface area contributed by atoms with Crippen LogP contribution in [0.1, 0.15) is 57.2 Å². The maximum absolute atomic E-state index is 12.2. The molecular formula is C19H28N2O3. The first-order valence-electron chi connectivity index (χ1n) is 8.71. The number of likely N-dealkylation sites (tertiary alicyclic amines) is 1. The summed E-state index contributed by atoms with van der Waals surface area (Å²) in [6, 6.07) is 6.18. The number of piperidine rings is 1. The largest absolute Gasteiger partial charge is 0.487 e. The van der Waals surface area contributed by atoms with Gasteiger partial charge >= 0.3 is 6.09 Å². The highest BCUT2D eigenvalue weighted by atomic mass is 16.6. The first-order chi connectivity index (χ1) is 11.2. The van der Waals surface area contributed by atoms with Gasteiger partial charge in [0.05, 0.1) is 0 Å². The summed E-state index contributed by atoms with van der Waals surface area (Å²) >= 11 is 0. The maximum atomic E-state index is 12.2. The van der Waals surface area contributed by atoms with Gasteiger partial charge in [-0.05, 0) is 33.8 Å². The SMILES string of the molecule is Cc1ccc2c(c1)C(N)CC1(CCN(C(=O)OC(C)(C)C)CC1)O2. The van der Waals surface area contributed by atoms with Crippen molar-refractivity contribution in [2.75, 3.05) is 13.1 Å². The molecule has 132 valence electrons. The van der Waals surface area contributed by atoms with Gasteiger partial charge in [-0.1, -0.05) is 17.7 Å². The number of carbonyl (C=O) groups excluding carboxylic acids is 1. The monoisotopic (exact) mass is 332 g/mol. The number of fused-ring (bicyclic) bond motifs is 1. The van der Waals surface area contributed by atoms with E-state index < -0.39 is 5.60 Å². The number of hydrogen-bond acceptors (Lipinski definition) is 4. The Hall–Kier alpha value is -1.75. The number of ether oxygens (including phenoxy) is 2. The molecule has 1 spiro atoms. The van der Waals surface area contributed by atoms with E-state index in [9.17, 15) is 4.79 Å². The van der Waals surface area contributed by atoms with Crippen LogP contribution < -0.4 is 10.5 Å². The van der Waals surface area contributed by atoms with E-state index in [4.69, 9.17) is 15.2 Å². The highest BCUT2D eigenvalue weighted by Crippen LogP contribution is 2.43. The number of aryl methyl sites for hydroxylation is 1. The molecule has 3 rings (SSSR count). The summed E-state index contributed by atoms with van der Waals surface area (Å²) in [6.45, 7) is 9.01. The summed E-state index contributed by atoms with van der Waals surface area (Å²) in [4.78, 5) is 14.0. The highest BCUT2D eigenvalue weighted by Gasteiger charge is 2.43. The van der Waals surface area contributed by atoms with Crippen molar-refractivity contribution in [3.05, 3.63) is 29.3 Å². The molecule has 0 bridgehead atoms. The molecule has 24 heavy (non-hydrogen) atoms. The van der Waals surface area contributed by atoms with Crippen LogP contribution in [0.25, 0.3) is 0 Å². The normalized spacial score (nSPS) is 22.7.